The summed E-state index contributed by atoms with van der Waals surface area (Å²) in [4.78, 5) is 17.1. The highest BCUT2D eigenvalue weighted by atomic mass is 16.3. The zero-order valence-electron chi connectivity index (χ0n) is 14.7. The van der Waals surface area contributed by atoms with Crippen molar-refractivity contribution in [3.63, 3.8) is 0 Å². The second-order valence-corrected chi connectivity index (χ2v) is 7.10. The highest BCUT2D eigenvalue weighted by Gasteiger charge is 2.33. The molecule has 0 aliphatic carbocycles. The molecule has 0 spiro atoms. The normalized spacial score (nSPS) is 12.6. The average Bonchev–Trinajstić information content (AvgIpc) is 2.93. The lowest BCUT2D eigenvalue weighted by Gasteiger charge is -2.28. The predicted molar refractivity (Wildman–Crippen MR) is 93.4 cm³/mol. The van der Waals surface area contributed by atoms with Gasteiger partial charge in [-0.05, 0) is 31.0 Å². The molecule has 0 saturated carbocycles. The number of rotatable bonds is 5. The molecule has 1 amide bonds. The molecule has 5 heteroatoms. The molecule has 0 radical (unpaired) electrons. The Labute approximate surface area is 137 Å². The summed E-state index contributed by atoms with van der Waals surface area (Å²) in [6, 6.07) is 5.53. The molecule has 0 aliphatic rings. The summed E-state index contributed by atoms with van der Waals surface area (Å²) in [7, 11) is 0. The number of amides is 1. The van der Waals surface area contributed by atoms with Crippen LogP contribution < -0.4 is 11.1 Å². The van der Waals surface area contributed by atoms with Crippen LogP contribution in [0.15, 0.2) is 22.6 Å². The molecule has 126 valence electrons. The molecule has 0 unspecified atom stereocenters. The number of benzene rings is 1. The molecule has 1 heterocycles. The number of nitrogens with two attached hydrogens (primary N) is 1. The van der Waals surface area contributed by atoms with Gasteiger partial charge in [-0.3, -0.25) is 4.79 Å². The van der Waals surface area contributed by atoms with Crippen LogP contribution in [0.1, 0.15) is 53.4 Å². The first-order valence-corrected chi connectivity index (χ1v) is 8.18. The van der Waals surface area contributed by atoms with E-state index in [-0.39, 0.29) is 11.3 Å². The van der Waals surface area contributed by atoms with Crippen LogP contribution in [-0.2, 0) is 10.2 Å². The van der Waals surface area contributed by atoms with Crippen molar-refractivity contribution < 1.29 is 9.21 Å². The Morgan fingerprint density at radius 3 is 2.43 bits per heavy atom. The van der Waals surface area contributed by atoms with Crippen LogP contribution in [0, 0.1) is 5.41 Å². The molecule has 0 saturated heterocycles. The van der Waals surface area contributed by atoms with Crippen molar-refractivity contribution >= 4 is 22.7 Å². The van der Waals surface area contributed by atoms with Crippen LogP contribution in [0.25, 0.3) is 11.1 Å². The fourth-order valence-corrected chi connectivity index (χ4v) is 2.54. The van der Waals surface area contributed by atoms with Crippen molar-refractivity contribution in [2.75, 3.05) is 11.9 Å². The highest BCUT2D eigenvalue weighted by molar-refractivity contribution is 5.96. The molecule has 5 nitrogen and oxygen atoms in total. The number of hydrogen-bond acceptors (Lipinski definition) is 4. The van der Waals surface area contributed by atoms with Crippen molar-refractivity contribution in [3.05, 3.63) is 24.1 Å². The van der Waals surface area contributed by atoms with E-state index in [1.807, 2.05) is 32.0 Å². The summed E-state index contributed by atoms with van der Waals surface area (Å²) in [6.45, 7) is 10.5. The van der Waals surface area contributed by atoms with Gasteiger partial charge in [0.25, 0.3) is 0 Å². The summed E-state index contributed by atoms with van der Waals surface area (Å²) in [5.74, 6) is 0.651. The van der Waals surface area contributed by atoms with E-state index in [0.29, 0.717) is 25.3 Å². The fraction of sp³-hybridized carbons (Fsp3) is 0.556. The van der Waals surface area contributed by atoms with E-state index < -0.39 is 5.41 Å². The minimum Gasteiger partial charge on any atom is -0.440 e. The number of aromatic nitrogens is 1. The maximum atomic E-state index is 12.6. The maximum absolute atomic E-state index is 12.6. The Kier molecular flexibility index (Phi) is 4.80. The minimum absolute atomic E-state index is 0.0381. The van der Waals surface area contributed by atoms with Gasteiger partial charge in [0.1, 0.15) is 5.52 Å². The summed E-state index contributed by atoms with van der Waals surface area (Å²) in [5.41, 5.74) is 7.36. The Hall–Kier alpha value is -1.88. The number of carbonyl (C=O) groups excluding carboxylic acids is 1. The van der Waals surface area contributed by atoms with Gasteiger partial charge in [-0.2, -0.15) is 0 Å². The van der Waals surface area contributed by atoms with E-state index in [1.165, 1.54) is 0 Å². The van der Waals surface area contributed by atoms with Gasteiger partial charge in [0.2, 0.25) is 11.8 Å². The second-order valence-electron chi connectivity index (χ2n) is 7.10. The maximum Gasteiger partial charge on any atom is 0.231 e. The lowest BCUT2D eigenvalue weighted by molar-refractivity contribution is -0.125. The second kappa shape index (κ2) is 6.32. The van der Waals surface area contributed by atoms with Gasteiger partial charge in [-0.25, -0.2) is 4.98 Å². The topological polar surface area (TPSA) is 81.2 Å². The molecule has 0 aliphatic heterocycles. The van der Waals surface area contributed by atoms with Crippen LogP contribution >= 0.6 is 0 Å². The molecule has 2 aromatic rings. The van der Waals surface area contributed by atoms with Gasteiger partial charge in [0.15, 0.2) is 5.58 Å². The highest BCUT2D eigenvalue weighted by Crippen LogP contribution is 2.29. The van der Waals surface area contributed by atoms with E-state index in [2.05, 4.69) is 31.1 Å². The standard InChI is InChI=1S/C18H27N3O2/c1-6-18(7-2,11-19)15(22)20-12-8-9-14-13(10-12)21-16(23-14)17(3,4)5/h8-10H,6-7,11,19H2,1-5H3,(H,20,22). The molecular weight excluding hydrogens is 290 g/mol. The summed E-state index contributed by atoms with van der Waals surface area (Å²) >= 11 is 0. The summed E-state index contributed by atoms with van der Waals surface area (Å²) in [6.07, 6.45) is 1.43. The molecule has 2 rings (SSSR count). The lowest BCUT2D eigenvalue weighted by atomic mass is 9.81. The third-order valence-corrected chi connectivity index (χ3v) is 4.51. The third kappa shape index (κ3) is 3.39. The Bertz CT molecular complexity index is 686. The summed E-state index contributed by atoms with van der Waals surface area (Å²) in [5, 5.41) is 2.98. The summed E-state index contributed by atoms with van der Waals surface area (Å²) < 4.78 is 5.78. The number of oxazole rings is 1. The fourth-order valence-electron chi connectivity index (χ4n) is 2.54. The van der Waals surface area contributed by atoms with E-state index in [4.69, 9.17) is 10.2 Å². The van der Waals surface area contributed by atoms with Gasteiger partial charge in [0.05, 0.1) is 5.41 Å². The smallest absolute Gasteiger partial charge is 0.231 e. The van der Waals surface area contributed by atoms with E-state index in [1.54, 1.807) is 0 Å². The van der Waals surface area contributed by atoms with Crippen molar-refractivity contribution in [3.8, 4) is 0 Å². The molecule has 0 bridgehead atoms. The van der Waals surface area contributed by atoms with Crippen molar-refractivity contribution in [1.82, 2.24) is 4.98 Å². The Morgan fingerprint density at radius 2 is 1.91 bits per heavy atom. The van der Waals surface area contributed by atoms with E-state index >= 15 is 0 Å². The number of hydrogen-bond donors (Lipinski definition) is 2. The molecule has 0 fully saturated rings. The molecule has 1 aromatic carbocycles. The number of nitrogens with zero attached hydrogens (tertiary/aromatic N) is 1. The molecule has 3 N–H and O–H groups in total. The zero-order valence-corrected chi connectivity index (χ0v) is 14.7. The van der Waals surface area contributed by atoms with Gasteiger partial charge in [-0.15, -0.1) is 0 Å². The predicted octanol–water partition coefficient (Wildman–Crippen LogP) is 3.83. The number of nitrogens with one attached hydrogen (secondary N) is 1. The quantitative estimate of drug-likeness (QED) is 0.878. The third-order valence-electron chi connectivity index (χ3n) is 4.51. The molecule has 0 atom stereocenters. The monoisotopic (exact) mass is 317 g/mol. The van der Waals surface area contributed by atoms with Gasteiger partial charge >= 0.3 is 0 Å². The lowest BCUT2D eigenvalue weighted by Crippen LogP contribution is -2.41. The number of carbonyl (C=O) groups is 1. The molecular formula is C18H27N3O2. The van der Waals surface area contributed by atoms with E-state index in [0.717, 1.165) is 16.8 Å². The minimum atomic E-state index is -0.519. The van der Waals surface area contributed by atoms with Crippen molar-refractivity contribution in [2.45, 2.75) is 52.9 Å². The largest absolute Gasteiger partial charge is 0.440 e. The molecule has 23 heavy (non-hydrogen) atoms. The van der Waals surface area contributed by atoms with Crippen LogP contribution in [0.5, 0.6) is 0 Å². The Balaban J connectivity index is 2.29. The van der Waals surface area contributed by atoms with Crippen LogP contribution in [0.2, 0.25) is 0 Å². The Morgan fingerprint density at radius 1 is 1.26 bits per heavy atom. The van der Waals surface area contributed by atoms with Crippen LogP contribution in [0.4, 0.5) is 5.69 Å². The first kappa shape index (κ1) is 17.5. The van der Waals surface area contributed by atoms with Crippen molar-refractivity contribution in [2.24, 2.45) is 11.1 Å². The zero-order chi connectivity index (χ0) is 17.3. The first-order chi connectivity index (χ1) is 10.8. The molecule has 1 aromatic heterocycles. The number of fused-ring (bicyclic) bond motifs is 1. The van der Waals surface area contributed by atoms with Crippen LogP contribution in [-0.4, -0.2) is 17.4 Å². The van der Waals surface area contributed by atoms with Crippen LogP contribution in [0.3, 0.4) is 0 Å². The van der Waals surface area contributed by atoms with Crippen molar-refractivity contribution in [1.29, 1.82) is 0 Å². The van der Waals surface area contributed by atoms with E-state index in [9.17, 15) is 4.79 Å². The van der Waals surface area contributed by atoms with Gasteiger partial charge in [-0.1, -0.05) is 34.6 Å². The first-order valence-electron chi connectivity index (χ1n) is 8.18. The van der Waals surface area contributed by atoms with Gasteiger partial charge < -0.3 is 15.5 Å². The van der Waals surface area contributed by atoms with Gasteiger partial charge in [0, 0.05) is 17.6 Å². The number of anilines is 1. The SMILES string of the molecule is CCC(CC)(CN)C(=O)Nc1ccc2oc(C(C)(C)C)nc2c1. The average molecular weight is 317 g/mol.